The van der Waals surface area contributed by atoms with Crippen molar-refractivity contribution in [2.75, 3.05) is 0 Å². The van der Waals surface area contributed by atoms with Crippen molar-refractivity contribution in [3.8, 4) is 22.5 Å². The number of hydrogen-bond acceptors (Lipinski definition) is 6. The molecule has 7 nitrogen and oxygen atoms in total. The number of carbonyl (C=O) groups is 2. The van der Waals surface area contributed by atoms with Gasteiger partial charge in [-0.25, -0.2) is 8.96 Å². The molecule has 0 bridgehead atoms. The average Bonchev–Trinajstić information content (AvgIpc) is 3.59. The van der Waals surface area contributed by atoms with E-state index in [1.165, 1.54) is 10.2 Å². The summed E-state index contributed by atoms with van der Waals surface area (Å²) in [7, 11) is -3.83. The van der Waals surface area contributed by atoms with Crippen LogP contribution < -0.4 is 0 Å². The molecule has 0 fully saturated rings. The van der Waals surface area contributed by atoms with Crippen molar-refractivity contribution in [2.45, 2.75) is 31.9 Å². The minimum Gasteiger partial charge on any atom is -0.360 e. The first kappa shape index (κ1) is 27.0. The fourth-order valence-electron chi connectivity index (χ4n) is 4.22. The summed E-state index contributed by atoms with van der Waals surface area (Å²) in [5.74, 6) is 0. The van der Waals surface area contributed by atoms with Crippen LogP contribution in [0, 0.1) is 27.7 Å². The number of carbonyl (C=O) groups excluding carboxylic acids is 2. The van der Waals surface area contributed by atoms with E-state index >= 15 is 0 Å². The zero-order chi connectivity index (χ0) is 27.4. The molecule has 5 rings (SSSR count). The number of aromatic nitrogens is 3. The van der Waals surface area contributed by atoms with Crippen molar-refractivity contribution < 1.29 is 18.0 Å². The Bertz CT molecular complexity index is 1700. The fraction of sp³-hybridized carbons (Fsp3) is 0.138. The summed E-state index contributed by atoms with van der Waals surface area (Å²) in [5.41, 5.74) is 6.57. The molecule has 194 valence electrons. The largest absolute Gasteiger partial charge is 0.360 e. The molecule has 0 unspecified atom stereocenters. The molecule has 2 aromatic carbocycles. The maximum Gasteiger partial charge on any atom is 0.279 e. The van der Waals surface area contributed by atoms with Gasteiger partial charge < -0.3 is 4.98 Å². The van der Waals surface area contributed by atoms with Crippen molar-refractivity contribution in [3.63, 3.8) is 0 Å². The average molecular weight is 546 g/mol. The van der Waals surface area contributed by atoms with Gasteiger partial charge in [0, 0.05) is 29.2 Å². The summed E-state index contributed by atoms with van der Waals surface area (Å²) >= 11 is 1.13. The number of H-pyrrole nitrogens is 1. The molecule has 38 heavy (non-hydrogen) atoms. The van der Waals surface area contributed by atoms with Crippen LogP contribution in [0.25, 0.3) is 22.5 Å². The topological polar surface area (TPSA) is 102 Å². The first-order valence-corrected chi connectivity index (χ1v) is 14.1. The number of rotatable bonds is 6. The van der Waals surface area contributed by atoms with Crippen molar-refractivity contribution in [2.24, 2.45) is 0 Å². The standard InChI is InChI=1S/C17H16N2O3S2.C12H11NO/c1-11-15(10-20)9-19(16(11)14-7-5-4-6-8-14)24(21,22)17-12(2)18-13(3)23-17;1-9-11(8-14)7-13-12(9)10-5-3-2-4-6-10/h4-10H,1-3H3;2-8,13H,1H3. The van der Waals surface area contributed by atoms with Gasteiger partial charge >= 0.3 is 0 Å². The summed E-state index contributed by atoms with van der Waals surface area (Å²) in [6, 6.07) is 19.2. The Morgan fingerprint density at radius 1 is 0.816 bits per heavy atom. The second-order valence-electron chi connectivity index (χ2n) is 8.68. The van der Waals surface area contributed by atoms with Gasteiger partial charge in [-0.1, -0.05) is 60.7 Å². The molecule has 0 aliphatic heterocycles. The lowest BCUT2D eigenvalue weighted by Crippen LogP contribution is -2.13. The predicted octanol–water partition coefficient (Wildman–Crippen LogP) is 6.39. The van der Waals surface area contributed by atoms with Gasteiger partial charge in [-0.15, -0.1) is 11.3 Å². The maximum atomic E-state index is 13.2. The third-order valence-electron chi connectivity index (χ3n) is 6.16. The molecule has 1 N–H and O–H groups in total. The van der Waals surface area contributed by atoms with Gasteiger partial charge in [0.1, 0.15) is 0 Å². The lowest BCUT2D eigenvalue weighted by atomic mass is 10.1. The zero-order valence-electron chi connectivity index (χ0n) is 21.4. The molecule has 0 amide bonds. The molecule has 0 radical (unpaired) electrons. The Balaban J connectivity index is 0.000000204. The third kappa shape index (κ3) is 5.16. The predicted molar refractivity (Wildman–Crippen MR) is 151 cm³/mol. The van der Waals surface area contributed by atoms with Gasteiger partial charge in [0.25, 0.3) is 10.0 Å². The van der Waals surface area contributed by atoms with Gasteiger partial charge in [-0.2, -0.15) is 8.42 Å². The van der Waals surface area contributed by atoms with E-state index in [0.717, 1.165) is 45.6 Å². The Morgan fingerprint density at radius 2 is 1.39 bits per heavy atom. The molecule has 3 aromatic heterocycles. The van der Waals surface area contributed by atoms with Crippen LogP contribution >= 0.6 is 11.3 Å². The second-order valence-corrected chi connectivity index (χ2v) is 11.9. The van der Waals surface area contributed by atoms with Crippen LogP contribution in [-0.4, -0.2) is 34.9 Å². The van der Waals surface area contributed by atoms with Crippen LogP contribution in [0.1, 0.15) is 42.5 Å². The third-order valence-corrected chi connectivity index (χ3v) is 9.48. The normalized spacial score (nSPS) is 11.1. The smallest absolute Gasteiger partial charge is 0.279 e. The van der Waals surface area contributed by atoms with E-state index in [0.29, 0.717) is 33.8 Å². The van der Waals surface area contributed by atoms with Crippen molar-refractivity contribution in [3.05, 3.63) is 106 Å². The highest BCUT2D eigenvalue weighted by Gasteiger charge is 2.28. The van der Waals surface area contributed by atoms with E-state index in [2.05, 4.69) is 9.97 Å². The van der Waals surface area contributed by atoms with E-state index in [9.17, 15) is 18.0 Å². The molecule has 5 aromatic rings. The monoisotopic (exact) mass is 545 g/mol. The van der Waals surface area contributed by atoms with Crippen LogP contribution in [0.3, 0.4) is 0 Å². The van der Waals surface area contributed by atoms with E-state index in [4.69, 9.17) is 0 Å². The fourth-order valence-corrected chi connectivity index (χ4v) is 7.22. The van der Waals surface area contributed by atoms with Gasteiger partial charge in [-0.3, -0.25) is 9.59 Å². The Hall–Kier alpha value is -4.08. The minimum absolute atomic E-state index is 0.199. The lowest BCUT2D eigenvalue weighted by Gasteiger charge is -2.10. The molecule has 3 heterocycles. The number of nitrogens with zero attached hydrogens (tertiary/aromatic N) is 2. The van der Waals surface area contributed by atoms with Gasteiger partial charge in [0.2, 0.25) is 0 Å². The maximum absolute atomic E-state index is 13.2. The number of nitrogens with one attached hydrogen (secondary N) is 1. The number of benzene rings is 2. The number of aryl methyl sites for hydroxylation is 2. The molecule has 9 heteroatoms. The van der Waals surface area contributed by atoms with Crippen molar-refractivity contribution >= 4 is 33.9 Å². The number of aldehydes is 2. The first-order chi connectivity index (χ1) is 18.2. The van der Waals surface area contributed by atoms with Crippen LogP contribution in [0.4, 0.5) is 0 Å². The first-order valence-electron chi connectivity index (χ1n) is 11.8. The number of aromatic amines is 1. The summed E-state index contributed by atoms with van der Waals surface area (Å²) in [6.07, 6.45) is 4.68. The van der Waals surface area contributed by atoms with Gasteiger partial charge in [-0.05, 0) is 49.9 Å². The second kappa shape index (κ2) is 11.1. The van der Waals surface area contributed by atoms with E-state index in [-0.39, 0.29) is 4.21 Å². The summed E-state index contributed by atoms with van der Waals surface area (Å²) in [5, 5.41) is 0.687. The van der Waals surface area contributed by atoms with Gasteiger partial charge in [0.15, 0.2) is 16.8 Å². The molecular formula is C29H27N3O4S2. The highest BCUT2D eigenvalue weighted by molar-refractivity contribution is 7.92. The molecule has 0 aliphatic carbocycles. The Labute approximate surface area is 225 Å². The number of thiazole rings is 1. The van der Waals surface area contributed by atoms with Crippen molar-refractivity contribution in [1.82, 2.24) is 13.9 Å². The lowest BCUT2D eigenvalue weighted by molar-refractivity contribution is 0.111. The van der Waals surface area contributed by atoms with Gasteiger partial charge in [0.05, 0.1) is 16.4 Å². The molecular weight excluding hydrogens is 518 g/mol. The molecule has 0 saturated carbocycles. The highest BCUT2D eigenvalue weighted by atomic mass is 32.2. The van der Waals surface area contributed by atoms with Crippen molar-refractivity contribution in [1.29, 1.82) is 0 Å². The quantitative estimate of drug-likeness (QED) is 0.249. The molecule has 0 aliphatic rings. The molecule has 0 atom stereocenters. The van der Waals surface area contributed by atoms with E-state index < -0.39 is 10.0 Å². The highest BCUT2D eigenvalue weighted by Crippen LogP contribution is 2.33. The molecule has 0 saturated heterocycles. The van der Waals surface area contributed by atoms with Crippen LogP contribution in [0.5, 0.6) is 0 Å². The number of hydrogen-bond donors (Lipinski definition) is 1. The minimum atomic E-state index is -3.83. The van der Waals surface area contributed by atoms with Crippen LogP contribution in [0.15, 0.2) is 77.3 Å². The Morgan fingerprint density at radius 3 is 1.89 bits per heavy atom. The SMILES string of the molecule is Cc1c(C=O)c[nH]c1-c1ccccc1.Cc1nc(C)c(S(=O)(=O)n2cc(C=O)c(C)c2-c2ccccc2)s1. The molecule has 0 spiro atoms. The van der Waals surface area contributed by atoms with E-state index in [1.807, 2.05) is 67.6 Å². The van der Waals surface area contributed by atoms with E-state index in [1.54, 1.807) is 27.0 Å². The summed E-state index contributed by atoms with van der Waals surface area (Å²) < 4.78 is 27.7. The van der Waals surface area contributed by atoms with Crippen LogP contribution in [-0.2, 0) is 10.0 Å². The Kier molecular flexibility index (Phi) is 7.89. The summed E-state index contributed by atoms with van der Waals surface area (Å²) in [6.45, 7) is 7.15. The zero-order valence-corrected chi connectivity index (χ0v) is 23.1. The van der Waals surface area contributed by atoms with Crippen LogP contribution in [0.2, 0.25) is 0 Å². The summed E-state index contributed by atoms with van der Waals surface area (Å²) in [4.78, 5) is 29.3.